The summed E-state index contributed by atoms with van der Waals surface area (Å²) in [5.41, 5.74) is 2.11. The van der Waals surface area contributed by atoms with Crippen LogP contribution in [0.25, 0.3) is 0 Å². The van der Waals surface area contributed by atoms with Gasteiger partial charge in [-0.15, -0.1) is 0 Å². The Morgan fingerprint density at radius 2 is 2.11 bits per heavy atom. The highest BCUT2D eigenvalue weighted by Gasteiger charge is 2.30. The molecule has 0 spiro atoms. The van der Waals surface area contributed by atoms with Crippen LogP contribution in [0.5, 0.6) is 5.75 Å². The SMILES string of the molecule is O=C1C[C@@H](c2cccc(OCCO)c2)c2cnn(CC3CCCCC3)c2N1. The number of aromatic nitrogens is 2. The monoisotopic (exact) mass is 369 g/mol. The number of rotatable bonds is 6. The number of ether oxygens (including phenoxy) is 1. The van der Waals surface area contributed by atoms with Gasteiger partial charge < -0.3 is 15.2 Å². The maximum Gasteiger partial charge on any atom is 0.226 e. The predicted molar refractivity (Wildman–Crippen MR) is 103 cm³/mol. The first-order valence-corrected chi connectivity index (χ1v) is 9.94. The van der Waals surface area contributed by atoms with E-state index >= 15 is 0 Å². The summed E-state index contributed by atoms with van der Waals surface area (Å²) in [7, 11) is 0. The second-order valence-electron chi connectivity index (χ2n) is 7.58. The highest BCUT2D eigenvalue weighted by molar-refractivity contribution is 5.94. The van der Waals surface area contributed by atoms with E-state index in [2.05, 4.69) is 10.4 Å². The van der Waals surface area contributed by atoms with Gasteiger partial charge in [-0.2, -0.15) is 5.10 Å². The van der Waals surface area contributed by atoms with Crippen molar-refractivity contribution >= 4 is 11.7 Å². The zero-order valence-electron chi connectivity index (χ0n) is 15.6. The van der Waals surface area contributed by atoms with Crippen LogP contribution in [0, 0.1) is 5.92 Å². The fourth-order valence-electron chi connectivity index (χ4n) is 4.30. The average molecular weight is 369 g/mol. The molecule has 1 aromatic heterocycles. The third-order valence-corrected chi connectivity index (χ3v) is 5.67. The molecule has 27 heavy (non-hydrogen) atoms. The Balaban J connectivity index is 1.59. The quantitative estimate of drug-likeness (QED) is 0.819. The first kappa shape index (κ1) is 18.0. The van der Waals surface area contributed by atoms with Gasteiger partial charge in [-0.25, -0.2) is 4.68 Å². The van der Waals surface area contributed by atoms with E-state index in [0.717, 1.165) is 23.5 Å². The van der Waals surface area contributed by atoms with Gasteiger partial charge in [-0.05, 0) is 36.5 Å². The number of carbonyl (C=O) groups excluding carboxylic acids is 1. The van der Waals surface area contributed by atoms with Crippen molar-refractivity contribution in [3.8, 4) is 5.75 Å². The van der Waals surface area contributed by atoms with E-state index in [-0.39, 0.29) is 25.0 Å². The molecule has 1 fully saturated rings. The van der Waals surface area contributed by atoms with Crippen LogP contribution in [-0.4, -0.2) is 34.0 Å². The Morgan fingerprint density at radius 3 is 2.93 bits per heavy atom. The smallest absolute Gasteiger partial charge is 0.226 e. The van der Waals surface area contributed by atoms with Crippen molar-refractivity contribution in [3.63, 3.8) is 0 Å². The number of anilines is 1. The molecule has 0 radical (unpaired) electrons. The summed E-state index contributed by atoms with van der Waals surface area (Å²) in [5, 5.41) is 16.6. The molecule has 2 aromatic rings. The maximum atomic E-state index is 12.4. The Labute approximate surface area is 159 Å². The highest BCUT2D eigenvalue weighted by atomic mass is 16.5. The molecular weight excluding hydrogens is 342 g/mol. The maximum absolute atomic E-state index is 12.4. The minimum atomic E-state index is -0.0217. The molecule has 4 rings (SSSR count). The number of hydrogen-bond acceptors (Lipinski definition) is 4. The van der Waals surface area contributed by atoms with Crippen molar-refractivity contribution < 1.29 is 14.6 Å². The van der Waals surface area contributed by atoms with Gasteiger partial charge in [0.1, 0.15) is 18.2 Å². The standard InChI is InChI=1S/C21H27N3O3/c25-9-10-27-17-8-4-7-16(11-17)18-12-20(26)23-21-19(18)13-22-24(21)14-15-5-2-1-3-6-15/h4,7-8,11,13,15,18,25H,1-3,5-6,9-10,12,14H2,(H,23,26)/t18-/m0/s1. The zero-order valence-corrected chi connectivity index (χ0v) is 15.6. The van der Waals surface area contributed by atoms with Gasteiger partial charge in [0, 0.05) is 24.4 Å². The van der Waals surface area contributed by atoms with E-state index < -0.39 is 0 Å². The van der Waals surface area contributed by atoms with E-state index in [0.29, 0.717) is 18.1 Å². The fraction of sp³-hybridized carbons (Fsp3) is 0.524. The molecule has 1 aliphatic heterocycles. The molecule has 2 heterocycles. The molecule has 1 amide bonds. The molecule has 1 atom stereocenters. The van der Waals surface area contributed by atoms with E-state index in [1.54, 1.807) is 0 Å². The van der Waals surface area contributed by atoms with Crippen LogP contribution < -0.4 is 10.1 Å². The number of hydrogen-bond donors (Lipinski definition) is 2. The number of nitrogens with zero attached hydrogens (tertiary/aromatic N) is 2. The first-order valence-electron chi connectivity index (χ1n) is 9.94. The molecule has 6 heteroatoms. The van der Waals surface area contributed by atoms with Gasteiger partial charge in [-0.3, -0.25) is 4.79 Å². The topological polar surface area (TPSA) is 76.4 Å². The summed E-state index contributed by atoms with van der Waals surface area (Å²) in [5.74, 6) is 2.22. The Bertz CT molecular complexity index is 796. The third kappa shape index (κ3) is 4.00. The molecule has 1 aliphatic carbocycles. The largest absolute Gasteiger partial charge is 0.491 e. The summed E-state index contributed by atoms with van der Waals surface area (Å²) in [6.45, 7) is 1.12. The van der Waals surface area contributed by atoms with Crippen molar-refractivity contribution in [2.45, 2.75) is 51.0 Å². The van der Waals surface area contributed by atoms with Crippen LogP contribution >= 0.6 is 0 Å². The zero-order chi connectivity index (χ0) is 18.6. The van der Waals surface area contributed by atoms with E-state index in [1.165, 1.54) is 32.1 Å². The van der Waals surface area contributed by atoms with Gasteiger partial charge in [-0.1, -0.05) is 31.4 Å². The molecular formula is C21H27N3O3. The van der Waals surface area contributed by atoms with Crippen LogP contribution in [0.2, 0.25) is 0 Å². The molecule has 0 bridgehead atoms. The molecule has 2 N–H and O–H groups in total. The van der Waals surface area contributed by atoms with E-state index in [1.807, 2.05) is 35.1 Å². The number of fused-ring (bicyclic) bond motifs is 1. The van der Waals surface area contributed by atoms with Gasteiger partial charge in [0.2, 0.25) is 5.91 Å². The molecule has 1 saturated carbocycles. The normalized spacial score (nSPS) is 20.2. The molecule has 0 saturated heterocycles. The second-order valence-corrected chi connectivity index (χ2v) is 7.58. The van der Waals surface area contributed by atoms with Crippen LogP contribution in [0.3, 0.4) is 0 Å². The lowest BCUT2D eigenvalue weighted by Crippen LogP contribution is -2.26. The predicted octanol–water partition coefficient (Wildman–Crippen LogP) is 3.31. The van der Waals surface area contributed by atoms with E-state index in [9.17, 15) is 4.79 Å². The van der Waals surface area contributed by atoms with Crippen LogP contribution in [0.15, 0.2) is 30.5 Å². The molecule has 1 aromatic carbocycles. The van der Waals surface area contributed by atoms with Crippen molar-refractivity contribution in [1.29, 1.82) is 0 Å². The minimum absolute atomic E-state index is 0.0197. The summed E-state index contributed by atoms with van der Waals surface area (Å²) in [6.07, 6.45) is 8.73. The van der Waals surface area contributed by atoms with E-state index in [4.69, 9.17) is 9.84 Å². The lowest BCUT2D eigenvalue weighted by atomic mass is 9.87. The Kier molecular flexibility index (Phi) is 5.43. The van der Waals surface area contributed by atoms with Crippen molar-refractivity contribution in [1.82, 2.24) is 9.78 Å². The van der Waals surface area contributed by atoms with Crippen LogP contribution in [0.4, 0.5) is 5.82 Å². The Morgan fingerprint density at radius 1 is 1.26 bits per heavy atom. The number of amides is 1. The number of carbonyl (C=O) groups is 1. The lowest BCUT2D eigenvalue weighted by molar-refractivity contribution is -0.116. The fourth-order valence-corrected chi connectivity index (χ4v) is 4.30. The number of benzene rings is 1. The molecule has 2 aliphatic rings. The summed E-state index contributed by atoms with van der Waals surface area (Å²) in [4.78, 5) is 12.4. The van der Waals surface area contributed by atoms with Gasteiger partial charge >= 0.3 is 0 Å². The number of nitrogens with one attached hydrogen (secondary N) is 1. The average Bonchev–Trinajstić information content (AvgIpc) is 3.09. The first-order chi connectivity index (χ1) is 13.2. The summed E-state index contributed by atoms with van der Waals surface area (Å²) >= 11 is 0. The van der Waals surface area contributed by atoms with Gasteiger partial charge in [0.05, 0.1) is 12.8 Å². The lowest BCUT2D eigenvalue weighted by Gasteiger charge is -2.26. The number of aliphatic hydroxyl groups is 1. The van der Waals surface area contributed by atoms with Crippen molar-refractivity contribution in [3.05, 3.63) is 41.6 Å². The Hall–Kier alpha value is -2.34. The van der Waals surface area contributed by atoms with Gasteiger partial charge in [0.25, 0.3) is 0 Å². The van der Waals surface area contributed by atoms with Crippen LogP contribution in [-0.2, 0) is 11.3 Å². The minimum Gasteiger partial charge on any atom is -0.491 e. The van der Waals surface area contributed by atoms with Crippen molar-refractivity contribution in [2.24, 2.45) is 5.92 Å². The second kappa shape index (κ2) is 8.13. The molecule has 144 valence electrons. The number of aliphatic hydroxyl groups excluding tert-OH is 1. The van der Waals surface area contributed by atoms with Gasteiger partial charge in [0.15, 0.2) is 0 Å². The highest BCUT2D eigenvalue weighted by Crippen LogP contribution is 2.38. The summed E-state index contributed by atoms with van der Waals surface area (Å²) < 4.78 is 7.52. The van der Waals surface area contributed by atoms with Crippen molar-refractivity contribution in [2.75, 3.05) is 18.5 Å². The third-order valence-electron chi connectivity index (χ3n) is 5.67. The summed E-state index contributed by atoms with van der Waals surface area (Å²) in [6, 6.07) is 7.79. The van der Waals surface area contributed by atoms with Crippen LogP contribution in [0.1, 0.15) is 55.6 Å². The molecule has 6 nitrogen and oxygen atoms in total. The molecule has 0 unspecified atom stereocenters.